The maximum atomic E-state index is 12.9. The van der Waals surface area contributed by atoms with Gasteiger partial charge in [-0.3, -0.25) is 29.4 Å². The van der Waals surface area contributed by atoms with E-state index in [0.29, 0.717) is 35.7 Å². The molecule has 1 aromatic heterocycles. The van der Waals surface area contributed by atoms with Gasteiger partial charge < -0.3 is 5.32 Å². The van der Waals surface area contributed by atoms with Crippen LogP contribution in [0.15, 0.2) is 48.5 Å². The number of nitro groups is 1. The number of nitro benzene ring substituents is 1. The topological polar surface area (TPSA) is 127 Å². The Morgan fingerprint density at radius 1 is 1.06 bits per heavy atom. The number of hydrogen-bond acceptors (Lipinski definition) is 6. The van der Waals surface area contributed by atoms with Crippen LogP contribution in [-0.4, -0.2) is 43.9 Å². The Kier molecular flexibility index (Phi) is 5.74. The number of nitrogens with one attached hydrogen (secondary N) is 1. The van der Waals surface area contributed by atoms with Crippen molar-refractivity contribution in [2.24, 2.45) is 0 Å². The predicted octanol–water partition coefficient (Wildman–Crippen LogP) is 3.74. The van der Waals surface area contributed by atoms with E-state index in [1.54, 1.807) is 13.0 Å². The summed E-state index contributed by atoms with van der Waals surface area (Å²) in [5.74, 6) is -0.862. The summed E-state index contributed by atoms with van der Waals surface area (Å²) in [6, 6.07) is 11.9. The van der Waals surface area contributed by atoms with Gasteiger partial charge in [0, 0.05) is 30.3 Å². The highest BCUT2D eigenvalue weighted by molar-refractivity contribution is 6.22. The summed E-state index contributed by atoms with van der Waals surface area (Å²) in [5.41, 5.74) is 1.83. The zero-order valence-corrected chi connectivity index (χ0v) is 18.1. The van der Waals surface area contributed by atoms with Crippen LogP contribution < -0.4 is 5.32 Å². The summed E-state index contributed by atoms with van der Waals surface area (Å²) in [4.78, 5) is 49.7. The Hall–Kier alpha value is -4.34. The van der Waals surface area contributed by atoms with Crippen LogP contribution in [-0.2, 0) is 0 Å². The number of carbonyl (C=O) groups excluding carboxylic acids is 3. The SMILES string of the molecule is CCCCN1C(=O)c2ccc(C(=O)Nc3cc(C)nn3-c3ccc([N+](=O)[O-])cc3)cc2C1=O. The second-order valence-corrected chi connectivity index (χ2v) is 7.69. The second kappa shape index (κ2) is 8.65. The van der Waals surface area contributed by atoms with Crippen molar-refractivity contribution in [1.82, 2.24) is 14.7 Å². The largest absolute Gasteiger partial charge is 0.306 e. The molecule has 1 aliphatic rings. The van der Waals surface area contributed by atoms with Crippen molar-refractivity contribution in [3.8, 4) is 5.69 Å². The van der Waals surface area contributed by atoms with Gasteiger partial charge in [-0.15, -0.1) is 0 Å². The molecule has 0 saturated carbocycles. The van der Waals surface area contributed by atoms with Gasteiger partial charge in [0.2, 0.25) is 0 Å². The van der Waals surface area contributed by atoms with E-state index >= 15 is 0 Å². The lowest BCUT2D eigenvalue weighted by Gasteiger charge is -2.12. The maximum Gasteiger partial charge on any atom is 0.269 e. The Morgan fingerprint density at radius 2 is 1.76 bits per heavy atom. The van der Waals surface area contributed by atoms with Crippen LogP contribution in [0.3, 0.4) is 0 Å². The minimum atomic E-state index is -0.496. The number of benzene rings is 2. The molecule has 1 aliphatic heterocycles. The lowest BCUT2D eigenvalue weighted by Crippen LogP contribution is -2.30. The van der Waals surface area contributed by atoms with Crippen LogP contribution in [0, 0.1) is 17.0 Å². The number of non-ortho nitro benzene ring substituents is 1. The van der Waals surface area contributed by atoms with E-state index in [0.717, 1.165) is 6.42 Å². The van der Waals surface area contributed by atoms with Gasteiger partial charge in [-0.1, -0.05) is 13.3 Å². The number of carbonyl (C=O) groups is 3. The number of nitrogens with zero attached hydrogens (tertiary/aromatic N) is 4. The fraction of sp³-hybridized carbons (Fsp3) is 0.217. The third kappa shape index (κ3) is 4.10. The van der Waals surface area contributed by atoms with Gasteiger partial charge in [-0.05, 0) is 43.7 Å². The Balaban J connectivity index is 1.58. The lowest BCUT2D eigenvalue weighted by molar-refractivity contribution is -0.384. The fourth-order valence-corrected chi connectivity index (χ4v) is 3.64. The highest BCUT2D eigenvalue weighted by Gasteiger charge is 2.35. The van der Waals surface area contributed by atoms with Gasteiger partial charge >= 0.3 is 0 Å². The van der Waals surface area contributed by atoms with Crippen LogP contribution in [0.5, 0.6) is 0 Å². The summed E-state index contributed by atoms with van der Waals surface area (Å²) in [6.45, 7) is 4.07. The zero-order chi connectivity index (χ0) is 23.7. The maximum absolute atomic E-state index is 12.9. The summed E-state index contributed by atoms with van der Waals surface area (Å²) in [5, 5.41) is 18.0. The molecule has 0 saturated heterocycles. The van der Waals surface area contributed by atoms with Gasteiger partial charge in [0.25, 0.3) is 23.4 Å². The van der Waals surface area contributed by atoms with Crippen molar-refractivity contribution in [3.63, 3.8) is 0 Å². The smallest absolute Gasteiger partial charge is 0.269 e. The molecule has 0 atom stereocenters. The standard InChI is InChI=1S/C23H21N5O5/c1-3-4-11-26-22(30)18-10-5-15(13-19(18)23(26)31)21(29)24-20-12-14(2)25-27(20)16-6-8-17(9-7-16)28(32)33/h5-10,12-13H,3-4,11H2,1-2H3,(H,24,29). The van der Waals surface area contributed by atoms with Gasteiger partial charge in [-0.25, -0.2) is 4.68 Å². The Morgan fingerprint density at radius 3 is 2.42 bits per heavy atom. The van der Waals surface area contributed by atoms with Crippen molar-refractivity contribution in [2.45, 2.75) is 26.7 Å². The number of amides is 3. The average Bonchev–Trinajstić information content (AvgIpc) is 3.28. The lowest BCUT2D eigenvalue weighted by atomic mass is 10.1. The molecule has 2 aromatic carbocycles. The molecule has 4 rings (SSSR count). The molecular weight excluding hydrogens is 426 g/mol. The highest BCUT2D eigenvalue weighted by Crippen LogP contribution is 2.26. The molecule has 168 valence electrons. The second-order valence-electron chi connectivity index (χ2n) is 7.69. The molecular formula is C23H21N5O5. The van der Waals surface area contributed by atoms with Gasteiger partial charge in [0.05, 0.1) is 27.4 Å². The average molecular weight is 447 g/mol. The molecule has 2 heterocycles. The molecule has 0 radical (unpaired) electrons. The van der Waals surface area contributed by atoms with Crippen molar-refractivity contribution in [1.29, 1.82) is 0 Å². The van der Waals surface area contributed by atoms with Crippen LogP contribution in [0.25, 0.3) is 5.69 Å². The summed E-state index contributed by atoms with van der Waals surface area (Å²) in [6.07, 6.45) is 1.56. The molecule has 0 spiro atoms. The number of aryl methyl sites for hydroxylation is 1. The van der Waals surface area contributed by atoms with Crippen molar-refractivity contribution in [3.05, 3.63) is 81.0 Å². The van der Waals surface area contributed by atoms with Crippen molar-refractivity contribution >= 4 is 29.2 Å². The number of fused-ring (bicyclic) bond motifs is 1. The van der Waals surface area contributed by atoms with E-state index in [-0.39, 0.29) is 22.7 Å². The van der Waals surface area contributed by atoms with Gasteiger partial charge in [-0.2, -0.15) is 5.10 Å². The van der Waals surface area contributed by atoms with Crippen LogP contribution in [0.1, 0.15) is 56.5 Å². The van der Waals surface area contributed by atoms with Crippen molar-refractivity contribution in [2.75, 3.05) is 11.9 Å². The molecule has 0 unspecified atom stereocenters. The summed E-state index contributed by atoms with van der Waals surface area (Å²) < 4.78 is 1.46. The molecule has 33 heavy (non-hydrogen) atoms. The number of anilines is 1. The van der Waals surface area contributed by atoms with E-state index < -0.39 is 16.7 Å². The van der Waals surface area contributed by atoms with Crippen LogP contribution in [0.2, 0.25) is 0 Å². The van der Waals surface area contributed by atoms with Gasteiger partial charge in [0.1, 0.15) is 5.82 Å². The molecule has 0 aliphatic carbocycles. The summed E-state index contributed by atoms with van der Waals surface area (Å²) >= 11 is 0. The molecule has 3 amide bonds. The molecule has 1 N–H and O–H groups in total. The molecule has 10 nitrogen and oxygen atoms in total. The quantitative estimate of drug-likeness (QED) is 0.334. The Bertz CT molecular complexity index is 1280. The highest BCUT2D eigenvalue weighted by atomic mass is 16.6. The van der Waals surface area contributed by atoms with E-state index in [1.165, 1.54) is 52.0 Å². The normalized spacial score (nSPS) is 12.7. The first kappa shape index (κ1) is 21.9. The third-order valence-electron chi connectivity index (χ3n) is 5.35. The van der Waals surface area contributed by atoms with Crippen LogP contribution in [0.4, 0.5) is 11.5 Å². The number of unbranched alkanes of at least 4 members (excludes halogenated alkanes) is 1. The fourth-order valence-electron chi connectivity index (χ4n) is 3.64. The monoisotopic (exact) mass is 447 g/mol. The van der Waals surface area contributed by atoms with E-state index in [1.807, 2.05) is 6.92 Å². The van der Waals surface area contributed by atoms with E-state index in [2.05, 4.69) is 10.4 Å². The Labute approximate surface area is 189 Å². The third-order valence-corrected chi connectivity index (χ3v) is 5.35. The van der Waals surface area contributed by atoms with E-state index in [9.17, 15) is 24.5 Å². The van der Waals surface area contributed by atoms with Gasteiger partial charge in [0.15, 0.2) is 0 Å². The zero-order valence-electron chi connectivity index (χ0n) is 18.1. The molecule has 3 aromatic rings. The predicted molar refractivity (Wildman–Crippen MR) is 120 cm³/mol. The summed E-state index contributed by atoms with van der Waals surface area (Å²) in [7, 11) is 0. The minimum Gasteiger partial charge on any atom is -0.306 e. The molecule has 10 heteroatoms. The number of hydrogen-bond donors (Lipinski definition) is 1. The van der Waals surface area contributed by atoms with E-state index in [4.69, 9.17) is 0 Å². The first-order valence-corrected chi connectivity index (χ1v) is 10.4. The van der Waals surface area contributed by atoms with Crippen LogP contribution >= 0.6 is 0 Å². The number of imide groups is 1. The first-order chi connectivity index (χ1) is 15.8. The van der Waals surface area contributed by atoms with Crippen molar-refractivity contribution < 1.29 is 19.3 Å². The first-order valence-electron chi connectivity index (χ1n) is 10.4. The molecule has 0 fully saturated rings. The number of aromatic nitrogens is 2. The minimum absolute atomic E-state index is 0.0569. The molecule has 0 bridgehead atoms. The number of rotatable bonds is 7.